The Bertz CT molecular complexity index is 972. The third-order valence-electron chi connectivity index (χ3n) is 5.92. The quantitative estimate of drug-likeness (QED) is 0.417. The van der Waals surface area contributed by atoms with Gasteiger partial charge in [0.05, 0.1) is 0 Å². The van der Waals surface area contributed by atoms with E-state index in [1.807, 2.05) is 0 Å². The zero-order chi connectivity index (χ0) is 23.4. The molecule has 0 N–H and O–H groups in total. The molecular weight excluding hydrogens is 403 g/mol. The average molecular weight is 443 g/mol. The van der Waals surface area contributed by atoms with E-state index in [1.54, 1.807) is 7.11 Å². The molecule has 0 saturated heterocycles. The fourth-order valence-corrected chi connectivity index (χ4v) is 4.87. The molecule has 0 spiro atoms. The van der Waals surface area contributed by atoms with Crippen LogP contribution in [0.25, 0.3) is 0 Å². The van der Waals surface area contributed by atoms with Crippen molar-refractivity contribution in [2.75, 3.05) is 7.11 Å². The lowest BCUT2D eigenvalue weighted by molar-refractivity contribution is 0.315. The Labute approximate surface area is 190 Å². The largest absolute Gasteiger partial charge is 0.462 e. The van der Waals surface area contributed by atoms with Gasteiger partial charge in [0.15, 0.2) is 0 Å². The molecule has 0 amide bonds. The first kappa shape index (κ1) is 24.1. The highest BCUT2D eigenvalue weighted by molar-refractivity contribution is 7.42. The monoisotopic (exact) mass is 442 g/mol. The highest BCUT2D eigenvalue weighted by atomic mass is 31.2. The van der Waals surface area contributed by atoms with E-state index in [0.29, 0.717) is 0 Å². The lowest BCUT2D eigenvalue weighted by Gasteiger charge is -2.32. The first-order valence-electron chi connectivity index (χ1n) is 11.1. The van der Waals surface area contributed by atoms with Crippen LogP contribution < -0.4 is 9.05 Å². The molecule has 1 unspecified atom stereocenters. The second-order valence-corrected chi connectivity index (χ2v) is 13.0. The summed E-state index contributed by atoms with van der Waals surface area (Å²) in [6.45, 7) is 22.4. The molecule has 1 aliphatic rings. The van der Waals surface area contributed by atoms with Crippen LogP contribution in [-0.4, -0.2) is 7.11 Å². The Hall–Kier alpha value is -1.57. The fourth-order valence-electron chi connectivity index (χ4n) is 3.91. The second-order valence-electron chi connectivity index (χ2n) is 11.8. The average Bonchev–Trinajstić information content (AvgIpc) is 2.59. The summed E-state index contributed by atoms with van der Waals surface area (Å²) in [5, 5.41) is 0. The first-order valence-corrected chi connectivity index (χ1v) is 12.2. The number of fused-ring (bicyclic) bond motifs is 2. The minimum Gasteiger partial charge on any atom is -0.417 e. The lowest BCUT2D eigenvalue weighted by Crippen LogP contribution is -2.20. The minimum absolute atomic E-state index is 0.0475. The molecule has 0 fully saturated rings. The summed E-state index contributed by atoms with van der Waals surface area (Å²) >= 11 is 0. The lowest BCUT2D eigenvalue weighted by atomic mass is 9.78. The predicted molar refractivity (Wildman–Crippen MR) is 132 cm³/mol. The van der Waals surface area contributed by atoms with Crippen molar-refractivity contribution in [3.63, 3.8) is 0 Å². The van der Waals surface area contributed by atoms with Gasteiger partial charge in [0.2, 0.25) is 0 Å². The molecule has 170 valence electrons. The number of benzene rings is 2. The highest BCUT2D eigenvalue weighted by Gasteiger charge is 2.32. The van der Waals surface area contributed by atoms with Gasteiger partial charge in [-0.2, -0.15) is 0 Å². The summed E-state index contributed by atoms with van der Waals surface area (Å²) < 4.78 is 18.4. The van der Waals surface area contributed by atoms with Crippen LogP contribution in [-0.2, 0) is 27.2 Å². The molecule has 2 aromatic carbocycles. The Balaban J connectivity index is 2.31. The van der Waals surface area contributed by atoms with E-state index in [1.165, 1.54) is 27.8 Å². The van der Waals surface area contributed by atoms with Gasteiger partial charge in [-0.3, -0.25) is 4.52 Å². The third kappa shape index (κ3) is 5.10. The van der Waals surface area contributed by atoms with Crippen molar-refractivity contribution in [1.82, 2.24) is 0 Å². The van der Waals surface area contributed by atoms with Crippen molar-refractivity contribution in [2.24, 2.45) is 0 Å². The van der Waals surface area contributed by atoms with Crippen LogP contribution in [0.3, 0.4) is 0 Å². The van der Waals surface area contributed by atoms with Crippen molar-refractivity contribution >= 4 is 8.60 Å². The standard InChI is InChI=1S/C27H39O3P/c1-17-12-20(25(2,3)4)14-18-13-19-15-21(26(5,6)7)16-22(27(8,9)10)24(19)30-31(28-11)29-23(17)18/h12,14-16H,13H2,1-11H3. The van der Waals surface area contributed by atoms with E-state index in [4.69, 9.17) is 13.6 Å². The number of aryl methyl sites for hydroxylation is 1. The molecule has 0 bridgehead atoms. The molecule has 1 atom stereocenters. The summed E-state index contributed by atoms with van der Waals surface area (Å²) in [4.78, 5) is 0. The van der Waals surface area contributed by atoms with Crippen LogP contribution >= 0.6 is 8.60 Å². The van der Waals surface area contributed by atoms with Gasteiger partial charge in [-0.05, 0) is 51.0 Å². The van der Waals surface area contributed by atoms with E-state index in [-0.39, 0.29) is 16.2 Å². The van der Waals surface area contributed by atoms with Crippen LogP contribution in [0.5, 0.6) is 11.5 Å². The molecule has 3 nitrogen and oxygen atoms in total. The maximum atomic E-state index is 6.44. The van der Waals surface area contributed by atoms with Crippen LogP contribution in [0.4, 0.5) is 0 Å². The van der Waals surface area contributed by atoms with Gasteiger partial charge < -0.3 is 9.05 Å². The molecule has 0 aliphatic carbocycles. The maximum Gasteiger partial charge on any atom is 0.462 e. The zero-order valence-corrected chi connectivity index (χ0v) is 22.1. The Morgan fingerprint density at radius 3 is 1.68 bits per heavy atom. The maximum absolute atomic E-state index is 6.44. The van der Waals surface area contributed by atoms with Gasteiger partial charge in [0.25, 0.3) is 0 Å². The molecule has 1 heterocycles. The van der Waals surface area contributed by atoms with E-state index < -0.39 is 8.60 Å². The van der Waals surface area contributed by atoms with Crippen LogP contribution in [0.2, 0.25) is 0 Å². The Kier molecular flexibility index (Phi) is 6.28. The highest BCUT2D eigenvalue weighted by Crippen LogP contribution is 2.51. The number of hydrogen-bond acceptors (Lipinski definition) is 3. The second kappa shape index (κ2) is 8.09. The van der Waals surface area contributed by atoms with Crippen molar-refractivity contribution in [2.45, 2.75) is 91.9 Å². The summed E-state index contributed by atoms with van der Waals surface area (Å²) in [5.41, 5.74) is 7.43. The first-order chi connectivity index (χ1) is 14.1. The van der Waals surface area contributed by atoms with Crippen LogP contribution in [0, 0.1) is 6.92 Å². The van der Waals surface area contributed by atoms with Gasteiger partial charge in [-0.1, -0.05) is 86.6 Å². The Morgan fingerprint density at radius 2 is 1.19 bits per heavy atom. The van der Waals surface area contributed by atoms with Gasteiger partial charge in [0.1, 0.15) is 11.5 Å². The van der Waals surface area contributed by atoms with Crippen LogP contribution in [0.15, 0.2) is 24.3 Å². The van der Waals surface area contributed by atoms with E-state index in [2.05, 4.69) is 93.5 Å². The van der Waals surface area contributed by atoms with E-state index in [0.717, 1.165) is 23.5 Å². The normalized spacial score (nSPS) is 17.1. The smallest absolute Gasteiger partial charge is 0.417 e. The molecule has 2 aromatic rings. The minimum atomic E-state index is -1.54. The molecular formula is C27H39O3P. The number of hydrogen-bond donors (Lipinski definition) is 0. The van der Waals surface area contributed by atoms with Crippen molar-refractivity contribution in [1.29, 1.82) is 0 Å². The summed E-state index contributed by atoms with van der Waals surface area (Å²) in [7, 11) is 0.117. The summed E-state index contributed by atoms with van der Waals surface area (Å²) in [6, 6.07) is 9.17. The van der Waals surface area contributed by atoms with Crippen molar-refractivity contribution < 1.29 is 13.6 Å². The van der Waals surface area contributed by atoms with Gasteiger partial charge >= 0.3 is 8.60 Å². The fraction of sp³-hybridized carbons (Fsp3) is 0.556. The molecule has 4 heteroatoms. The number of rotatable bonds is 1. The van der Waals surface area contributed by atoms with E-state index >= 15 is 0 Å². The molecule has 0 radical (unpaired) electrons. The zero-order valence-electron chi connectivity index (χ0n) is 21.2. The summed E-state index contributed by atoms with van der Waals surface area (Å²) in [5.74, 6) is 1.81. The molecule has 3 rings (SSSR count). The van der Waals surface area contributed by atoms with E-state index in [9.17, 15) is 0 Å². The molecule has 0 aromatic heterocycles. The summed E-state index contributed by atoms with van der Waals surface area (Å²) in [6.07, 6.45) is 0.773. The molecule has 0 saturated carbocycles. The third-order valence-corrected chi connectivity index (χ3v) is 6.88. The molecule has 31 heavy (non-hydrogen) atoms. The van der Waals surface area contributed by atoms with Gasteiger partial charge in [0, 0.05) is 19.1 Å². The Morgan fingerprint density at radius 1 is 0.710 bits per heavy atom. The SMILES string of the molecule is COP1Oc2c(C)cc(C(C)(C)C)cc2Cc2cc(C(C)(C)C)cc(C(C)(C)C)c2O1. The van der Waals surface area contributed by atoms with Crippen LogP contribution in [0.1, 0.15) is 95.7 Å². The van der Waals surface area contributed by atoms with Crippen molar-refractivity contribution in [3.8, 4) is 11.5 Å². The molecule has 1 aliphatic heterocycles. The topological polar surface area (TPSA) is 27.7 Å². The van der Waals surface area contributed by atoms with Crippen molar-refractivity contribution in [3.05, 3.63) is 57.6 Å². The van der Waals surface area contributed by atoms with Gasteiger partial charge in [-0.15, -0.1) is 0 Å². The van der Waals surface area contributed by atoms with Gasteiger partial charge in [-0.25, -0.2) is 0 Å². The predicted octanol–water partition coefficient (Wildman–Crippen LogP) is 8.12.